The van der Waals surface area contributed by atoms with Gasteiger partial charge in [-0.15, -0.1) is 0 Å². The SMILES string of the molecule is c1cn2ncnc2c(Nc2ccc(N3CCOCC3)cc2)n1. The van der Waals surface area contributed by atoms with Gasteiger partial charge in [-0.05, 0) is 24.3 Å². The van der Waals surface area contributed by atoms with Crippen LogP contribution < -0.4 is 10.2 Å². The summed E-state index contributed by atoms with van der Waals surface area (Å²) in [6, 6.07) is 8.31. The number of nitrogens with zero attached hydrogens (tertiary/aromatic N) is 5. The van der Waals surface area contributed by atoms with Crippen molar-refractivity contribution in [1.82, 2.24) is 19.6 Å². The van der Waals surface area contributed by atoms with Gasteiger partial charge in [0.1, 0.15) is 6.33 Å². The fraction of sp³-hybridized carbons (Fsp3) is 0.267. The highest BCUT2D eigenvalue weighted by Gasteiger charge is 2.11. The van der Waals surface area contributed by atoms with Crippen LogP contribution in [0.4, 0.5) is 17.2 Å². The van der Waals surface area contributed by atoms with E-state index in [0.717, 1.165) is 32.0 Å². The highest BCUT2D eigenvalue weighted by Crippen LogP contribution is 2.22. The molecule has 0 amide bonds. The molecule has 3 heterocycles. The van der Waals surface area contributed by atoms with E-state index in [-0.39, 0.29) is 0 Å². The lowest BCUT2D eigenvalue weighted by Crippen LogP contribution is -2.36. The highest BCUT2D eigenvalue weighted by molar-refractivity contribution is 5.70. The van der Waals surface area contributed by atoms with E-state index in [1.165, 1.54) is 12.0 Å². The molecule has 1 saturated heterocycles. The monoisotopic (exact) mass is 296 g/mol. The first kappa shape index (κ1) is 13.0. The highest BCUT2D eigenvalue weighted by atomic mass is 16.5. The number of nitrogens with one attached hydrogen (secondary N) is 1. The van der Waals surface area contributed by atoms with Gasteiger partial charge in [0.2, 0.25) is 0 Å². The molecule has 1 aromatic carbocycles. The van der Waals surface area contributed by atoms with Gasteiger partial charge in [-0.2, -0.15) is 5.10 Å². The van der Waals surface area contributed by atoms with Gasteiger partial charge in [0.15, 0.2) is 11.5 Å². The Morgan fingerprint density at radius 2 is 1.86 bits per heavy atom. The summed E-state index contributed by atoms with van der Waals surface area (Å²) in [6.07, 6.45) is 4.99. The first-order valence-electron chi connectivity index (χ1n) is 7.24. The molecule has 2 aromatic heterocycles. The zero-order chi connectivity index (χ0) is 14.8. The Balaban J connectivity index is 1.54. The van der Waals surface area contributed by atoms with Crippen LogP contribution in [0.15, 0.2) is 43.0 Å². The number of benzene rings is 1. The van der Waals surface area contributed by atoms with Crippen LogP contribution in [0.5, 0.6) is 0 Å². The lowest BCUT2D eigenvalue weighted by molar-refractivity contribution is 0.122. The topological polar surface area (TPSA) is 67.6 Å². The van der Waals surface area contributed by atoms with E-state index >= 15 is 0 Å². The van der Waals surface area contributed by atoms with Crippen molar-refractivity contribution in [3.63, 3.8) is 0 Å². The van der Waals surface area contributed by atoms with Crippen LogP contribution in [0.1, 0.15) is 0 Å². The molecule has 1 aliphatic rings. The molecule has 0 atom stereocenters. The molecule has 0 spiro atoms. The molecule has 0 saturated carbocycles. The molecule has 112 valence electrons. The van der Waals surface area contributed by atoms with Gasteiger partial charge in [0.05, 0.1) is 13.2 Å². The molecule has 0 unspecified atom stereocenters. The molecular weight excluding hydrogens is 280 g/mol. The first-order chi connectivity index (χ1) is 10.9. The van der Waals surface area contributed by atoms with Gasteiger partial charge in [0.25, 0.3) is 0 Å². The second-order valence-electron chi connectivity index (χ2n) is 5.08. The van der Waals surface area contributed by atoms with Gasteiger partial charge in [-0.25, -0.2) is 14.5 Å². The van der Waals surface area contributed by atoms with Crippen molar-refractivity contribution < 1.29 is 4.74 Å². The minimum absolute atomic E-state index is 0.694. The van der Waals surface area contributed by atoms with Gasteiger partial charge in [-0.1, -0.05) is 0 Å². The van der Waals surface area contributed by atoms with E-state index in [0.29, 0.717) is 11.5 Å². The van der Waals surface area contributed by atoms with Crippen LogP contribution in [0.3, 0.4) is 0 Å². The summed E-state index contributed by atoms with van der Waals surface area (Å²) in [6.45, 7) is 3.46. The van der Waals surface area contributed by atoms with E-state index in [9.17, 15) is 0 Å². The van der Waals surface area contributed by atoms with Crippen molar-refractivity contribution in [2.24, 2.45) is 0 Å². The molecule has 22 heavy (non-hydrogen) atoms. The van der Waals surface area contributed by atoms with Crippen molar-refractivity contribution >= 4 is 22.8 Å². The smallest absolute Gasteiger partial charge is 0.198 e. The predicted octanol–water partition coefficient (Wildman–Crippen LogP) is 1.70. The van der Waals surface area contributed by atoms with Crippen LogP contribution in [0.2, 0.25) is 0 Å². The molecule has 1 fully saturated rings. The third kappa shape index (κ3) is 2.46. The fourth-order valence-electron chi connectivity index (χ4n) is 2.56. The number of morpholine rings is 1. The van der Waals surface area contributed by atoms with E-state index in [1.807, 2.05) is 12.1 Å². The average molecular weight is 296 g/mol. The molecular formula is C15H16N6O. The second-order valence-corrected chi connectivity index (χ2v) is 5.08. The van der Waals surface area contributed by atoms with Crippen LogP contribution >= 0.6 is 0 Å². The normalized spacial score (nSPS) is 15.2. The summed E-state index contributed by atoms with van der Waals surface area (Å²) in [5.74, 6) is 0.694. The lowest BCUT2D eigenvalue weighted by atomic mass is 10.2. The number of hydrogen-bond donors (Lipinski definition) is 1. The number of fused-ring (bicyclic) bond motifs is 1. The largest absolute Gasteiger partial charge is 0.378 e. The van der Waals surface area contributed by atoms with Crippen molar-refractivity contribution in [2.45, 2.75) is 0 Å². The van der Waals surface area contributed by atoms with Crippen molar-refractivity contribution in [3.8, 4) is 0 Å². The molecule has 4 rings (SSSR count). The summed E-state index contributed by atoms with van der Waals surface area (Å²) in [7, 11) is 0. The van der Waals surface area contributed by atoms with Crippen molar-refractivity contribution in [1.29, 1.82) is 0 Å². The number of hydrogen-bond acceptors (Lipinski definition) is 6. The minimum Gasteiger partial charge on any atom is -0.378 e. The van der Waals surface area contributed by atoms with E-state index < -0.39 is 0 Å². The minimum atomic E-state index is 0.694. The lowest BCUT2D eigenvalue weighted by Gasteiger charge is -2.28. The number of anilines is 3. The number of rotatable bonds is 3. The van der Waals surface area contributed by atoms with Gasteiger partial charge in [0, 0.05) is 36.9 Å². The molecule has 1 aliphatic heterocycles. The summed E-state index contributed by atoms with van der Waals surface area (Å²) in [5, 5.41) is 7.39. The van der Waals surface area contributed by atoms with Crippen LogP contribution in [0, 0.1) is 0 Å². The third-order valence-electron chi connectivity index (χ3n) is 3.70. The summed E-state index contributed by atoms with van der Waals surface area (Å²) >= 11 is 0. The number of aromatic nitrogens is 4. The molecule has 1 N–H and O–H groups in total. The Morgan fingerprint density at radius 3 is 2.68 bits per heavy atom. The number of ether oxygens (including phenoxy) is 1. The Labute approximate surface area is 127 Å². The molecule has 0 radical (unpaired) electrons. The van der Waals surface area contributed by atoms with E-state index in [2.05, 4.69) is 37.4 Å². The predicted molar refractivity (Wildman–Crippen MR) is 83.5 cm³/mol. The van der Waals surface area contributed by atoms with Crippen LogP contribution in [0.25, 0.3) is 5.65 Å². The first-order valence-corrected chi connectivity index (χ1v) is 7.24. The Kier molecular flexibility index (Phi) is 3.32. The zero-order valence-corrected chi connectivity index (χ0v) is 12.0. The summed E-state index contributed by atoms with van der Waals surface area (Å²) in [4.78, 5) is 10.9. The quantitative estimate of drug-likeness (QED) is 0.793. The van der Waals surface area contributed by atoms with E-state index in [4.69, 9.17) is 4.74 Å². The molecule has 0 bridgehead atoms. The van der Waals surface area contributed by atoms with E-state index in [1.54, 1.807) is 16.9 Å². The van der Waals surface area contributed by atoms with Gasteiger partial charge < -0.3 is 15.0 Å². The second kappa shape index (κ2) is 5.61. The molecule has 3 aromatic rings. The molecule has 0 aliphatic carbocycles. The van der Waals surface area contributed by atoms with Crippen LogP contribution in [-0.2, 0) is 4.74 Å². The maximum atomic E-state index is 5.38. The maximum absolute atomic E-state index is 5.38. The summed E-state index contributed by atoms with van der Waals surface area (Å²) in [5.41, 5.74) is 2.89. The molecule has 7 nitrogen and oxygen atoms in total. The standard InChI is InChI=1S/C15H16N6O/c1-3-13(20-7-9-22-10-8-20)4-2-12(1)19-14-15-17-11-18-21(15)6-5-16-14/h1-6,11H,7-10H2,(H,16,19). The van der Waals surface area contributed by atoms with Crippen molar-refractivity contribution in [2.75, 3.05) is 36.5 Å². The Bertz CT molecular complexity index is 763. The van der Waals surface area contributed by atoms with Gasteiger partial charge in [-0.3, -0.25) is 0 Å². The average Bonchev–Trinajstić information content (AvgIpc) is 3.06. The fourth-order valence-corrected chi connectivity index (χ4v) is 2.56. The Morgan fingerprint density at radius 1 is 1.05 bits per heavy atom. The Hall–Kier alpha value is -2.67. The van der Waals surface area contributed by atoms with Crippen molar-refractivity contribution in [3.05, 3.63) is 43.0 Å². The van der Waals surface area contributed by atoms with Gasteiger partial charge >= 0.3 is 0 Å². The van der Waals surface area contributed by atoms with Crippen LogP contribution in [-0.4, -0.2) is 45.9 Å². The zero-order valence-electron chi connectivity index (χ0n) is 12.0. The summed E-state index contributed by atoms with van der Waals surface area (Å²) < 4.78 is 7.07. The third-order valence-corrected chi connectivity index (χ3v) is 3.70. The molecule has 7 heteroatoms. The maximum Gasteiger partial charge on any atom is 0.198 e.